The second-order valence-electron chi connectivity index (χ2n) is 8.14. The van der Waals surface area contributed by atoms with Gasteiger partial charge in [0.05, 0.1) is 0 Å². The normalized spacial score (nSPS) is 16.5. The molecule has 164 valence electrons. The van der Waals surface area contributed by atoms with Gasteiger partial charge in [0.2, 0.25) is 11.8 Å². The van der Waals surface area contributed by atoms with Gasteiger partial charge >= 0.3 is 0 Å². The van der Waals surface area contributed by atoms with Crippen LogP contribution in [-0.4, -0.2) is 56.0 Å². The summed E-state index contributed by atoms with van der Waals surface area (Å²) in [7, 11) is 0. The van der Waals surface area contributed by atoms with Crippen LogP contribution in [0, 0.1) is 0 Å². The van der Waals surface area contributed by atoms with E-state index < -0.39 is 0 Å². The number of nitrogens with one attached hydrogen (secondary N) is 1. The van der Waals surface area contributed by atoms with Gasteiger partial charge in [0.1, 0.15) is 0 Å². The fourth-order valence-electron chi connectivity index (χ4n) is 4.22. The van der Waals surface area contributed by atoms with Gasteiger partial charge in [-0.2, -0.15) is 0 Å². The maximum absolute atomic E-state index is 12.5. The van der Waals surface area contributed by atoms with E-state index in [0.717, 1.165) is 37.6 Å². The first-order valence-corrected chi connectivity index (χ1v) is 11.4. The minimum atomic E-state index is -0.125. The number of hydrogen-bond acceptors (Lipinski definition) is 4. The van der Waals surface area contributed by atoms with E-state index in [1.165, 1.54) is 18.5 Å². The Morgan fingerprint density at radius 3 is 2.16 bits per heavy atom. The molecule has 4 rings (SSSR count). The number of anilines is 3. The molecule has 1 N–H and O–H groups in total. The minimum Gasteiger partial charge on any atom is -0.372 e. The summed E-state index contributed by atoms with van der Waals surface area (Å²) in [6.07, 6.45) is 2.90. The van der Waals surface area contributed by atoms with Crippen LogP contribution >= 0.6 is 11.6 Å². The van der Waals surface area contributed by atoms with Gasteiger partial charge in [-0.1, -0.05) is 17.7 Å². The summed E-state index contributed by atoms with van der Waals surface area (Å²) in [6.45, 7) is 5.04. The maximum atomic E-state index is 12.5. The largest absolute Gasteiger partial charge is 0.372 e. The molecule has 2 aromatic carbocycles. The lowest BCUT2D eigenvalue weighted by atomic mass is 10.2. The van der Waals surface area contributed by atoms with Crippen LogP contribution in [0.25, 0.3) is 0 Å². The zero-order chi connectivity index (χ0) is 21.6. The number of halogens is 1. The van der Waals surface area contributed by atoms with E-state index in [2.05, 4.69) is 15.1 Å². The summed E-state index contributed by atoms with van der Waals surface area (Å²) >= 11 is 6.08. The first kappa shape index (κ1) is 21.5. The van der Waals surface area contributed by atoms with Crippen molar-refractivity contribution in [3.63, 3.8) is 0 Å². The number of carbonyl (C=O) groups is 2. The molecule has 0 saturated carbocycles. The van der Waals surface area contributed by atoms with E-state index in [-0.39, 0.29) is 24.7 Å². The molecule has 0 unspecified atom stereocenters. The fourth-order valence-corrected chi connectivity index (χ4v) is 4.40. The van der Waals surface area contributed by atoms with Crippen LogP contribution in [0.5, 0.6) is 0 Å². The highest BCUT2D eigenvalue weighted by Crippen LogP contribution is 2.23. The summed E-state index contributed by atoms with van der Waals surface area (Å²) in [5.74, 6) is -0.0925. The molecule has 0 atom stereocenters. The smallest absolute Gasteiger partial charge is 0.224 e. The number of hydrogen-bond donors (Lipinski definition) is 1. The first-order valence-electron chi connectivity index (χ1n) is 11.0. The molecule has 2 heterocycles. The van der Waals surface area contributed by atoms with Gasteiger partial charge in [-0.05, 0) is 55.3 Å². The van der Waals surface area contributed by atoms with Crippen molar-refractivity contribution in [2.45, 2.75) is 25.7 Å². The van der Waals surface area contributed by atoms with Gasteiger partial charge in [0.15, 0.2) is 0 Å². The van der Waals surface area contributed by atoms with Gasteiger partial charge in [0.25, 0.3) is 0 Å². The SMILES string of the molecule is O=C(CCC(=O)N1CCN(c2cccc(Cl)c2)CC1)Nc1ccc(N2CCCC2)cc1. The maximum Gasteiger partial charge on any atom is 0.224 e. The highest BCUT2D eigenvalue weighted by Gasteiger charge is 2.22. The Kier molecular flexibility index (Phi) is 6.97. The zero-order valence-electron chi connectivity index (χ0n) is 17.7. The van der Waals surface area contributed by atoms with Crippen LogP contribution in [0.1, 0.15) is 25.7 Å². The number of carbonyl (C=O) groups excluding carboxylic acids is 2. The quantitative estimate of drug-likeness (QED) is 0.737. The predicted molar refractivity (Wildman–Crippen MR) is 126 cm³/mol. The van der Waals surface area contributed by atoms with Crippen molar-refractivity contribution in [2.75, 3.05) is 54.4 Å². The molecule has 0 radical (unpaired) electrons. The standard InChI is InChI=1S/C24H29ClN4O2/c25-19-4-3-5-22(18-19)28-14-16-29(17-15-28)24(31)11-10-23(30)26-20-6-8-21(9-7-20)27-12-1-2-13-27/h3-9,18H,1-2,10-17H2,(H,26,30). The van der Waals surface area contributed by atoms with Crippen LogP contribution in [0.15, 0.2) is 48.5 Å². The van der Waals surface area contributed by atoms with Crippen molar-refractivity contribution in [3.05, 3.63) is 53.6 Å². The summed E-state index contributed by atoms with van der Waals surface area (Å²) in [6, 6.07) is 15.7. The Balaban J connectivity index is 1.19. The van der Waals surface area contributed by atoms with E-state index in [1.807, 2.05) is 53.4 Å². The lowest BCUT2D eigenvalue weighted by molar-refractivity contribution is -0.133. The van der Waals surface area contributed by atoms with Crippen molar-refractivity contribution < 1.29 is 9.59 Å². The molecule has 0 aromatic heterocycles. The van der Waals surface area contributed by atoms with Crippen molar-refractivity contribution >= 4 is 40.5 Å². The van der Waals surface area contributed by atoms with E-state index in [4.69, 9.17) is 11.6 Å². The third-order valence-corrected chi connectivity index (χ3v) is 6.23. The molecular formula is C24H29ClN4O2. The van der Waals surface area contributed by atoms with Crippen LogP contribution in [0.3, 0.4) is 0 Å². The molecule has 2 amide bonds. The number of rotatable bonds is 6. The number of benzene rings is 2. The Hall–Kier alpha value is -2.73. The second kappa shape index (κ2) is 10.1. The molecule has 2 fully saturated rings. The van der Waals surface area contributed by atoms with E-state index in [1.54, 1.807) is 0 Å². The number of amides is 2. The molecule has 31 heavy (non-hydrogen) atoms. The average Bonchev–Trinajstić information content (AvgIpc) is 3.33. The van der Waals surface area contributed by atoms with Crippen LogP contribution in [-0.2, 0) is 9.59 Å². The van der Waals surface area contributed by atoms with Crippen molar-refractivity contribution in [2.24, 2.45) is 0 Å². The van der Waals surface area contributed by atoms with Crippen molar-refractivity contribution in [3.8, 4) is 0 Å². The fraction of sp³-hybridized carbons (Fsp3) is 0.417. The van der Waals surface area contributed by atoms with Crippen LogP contribution in [0.2, 0.25) is 5.02 Å². The van der Waals surface area contributed by atoms with E-state index in [0.29, 0.717) is 18.1 Å². The minimum absolute atomic E-state index is 0.0327. The third kappa shape index (κ3) is 5.70. The summed E-state index contributed by atoms with van der Waals surface area (Å²) in [5.41, 5.74) is 3.05. The highest BCUT2D eigenvalue weighted by molar-refractivity contribution is 6.30. The topological polar surface area (TPSA) is 55.9 Å². The molecular weight excluding hydrogens is 412 g/mol. The summed E-state index contributed by atoms with van der Waals surface area (Å²) in [4.78, 5) is 31.3. The van der Waals surface area contributed by atoms with Crippen molar-refractivity contribution in [1.82, 2.24) is 4.90 Å². The lowest BCUT2D eigenvalue weighted by Gasteiger charge is -2.36. The van der Waals surface area contributed by atoms with E-state index >= 15 is 0 Å². The molecule has 2 aliphatic rings. The van der Waals surface area contributed by atoms with Crippen LogP contribution < -0.4 is 15.1 Å². The summed E-state index contributed by atoms with van der Waals surface area (Å²) < 4.78 is 0. The van der Waals surface area contributed by atoms with Gasteiger partial charge in [-0.3, -0.25) is 9.59 Å². The van der Waals surface area contributed by atoms with Crippen molar-refractivity contribution in [1.29, 1.82) is 0 Å². The average molecular weight is 441 g/mol. The molecule has 0 bridgehead atoms. The Morgan fingerprint density at radius 2 is 1.48 bits per heavy atom. The highest BCUT2D eigenvalue weighted by atomic mass is 35.5. The first-order chi connectivity index (χ1) is 15.1. The van der Waals surface area contributed by atoms with Crippen LogP contribution in [0.4, 0.5) is 17.1 Å². The monoisotopic (exact) mass is 440 g/mol. The van der Waals surface area contributed by atoms with Gasteiger partial charge in [0, 0.05) is 74.2 Å². The molecule has 0 aliphatic carbocycles. The Bertz CT molecular complexity index is 904. The van der Waals surface area contributed by atoms with Gasteiger partial charge in [-0.15, -0.1) is 0 Å². The molecule has 2 aromatic rings. The summed E-state index contributed by atoms with van der Waals surface area (Å²) in [5, 5.41) is 3.62. The van der Waals surface area contributed by atoms with Gasteiger partial charge < -0.3 is 20.0 Å². The molecule has 6 nitrogen and oxygen atoms in total. The second-order valence-corrected chi connectivity index (χ2v) is 8.57. The molecule has 0 spiro atoms. The molecule has 7 heteroatoms. The van der Waals surface area contributed by atoms with Gasteiger partial charge in [-0.25, -0.2) is 0 Å². The molecule has 2 aliphatic heterocycles. The Morgan fingerprint density at radius 1 is 0.806 bits per heavy atom. The molecule has 2 saturated heterocycles. The number of piperazine rings is 1. The Labute approximate surface area is 188 Å². The number of nitrogens with zero attached hydrogens (tertiary/aromatic N) is 3. The third-order valence-electron chi connectivity index (χ3n) is 5.99. The van der Waals surface area contributed by atoms with E-state index in [9.17, 15) is 9.59 Å². The predicted octanol–water partition coefficient (Wildman–Crippen LogP) is 4.01. The zero-order valence-corrected chi connectivity index (χ0v) is 18.5. The lowest BCUT2D eigenvalue weighted by Crippen LogP contribution is -2.48.